The molecule has 1 aliphatic heterocycles. The second-order valence-corrected chi connectivity index (χ2v) is 12.5. The monoisotopic (exact) mass is 588 g/mol. The van der Waals surface area contributed by atoms with Crippen molar-refractivity contribution >= 4 is 17.6 Å². The Balaban J connectivity index is 1.02. The van der Waals surface area contributed by atoms with E-state index in [1.165, 1.54) is 37.0 Å². The number of benzene rings is 2. The van der Waals surface area contributed by atoms with Crippen LogP contribution in [-0.4, -0.2) is 69.8 Å². The van der Waals surface area contributed by atoms with Crippen LogP contribution in [0, 0.1) is 23.6 Å². The van der Waals surface area contributed by atoms with Crippen LogP contribution in [0.25, 0.3) is 11.4 Å². The van der Waals surface area contributed by atoms with Gasteiger partial charge in [0.1, 0.15) is 5.82 Å². The van der Waals surface area contributed by atoms with Crippen LogP contribution in [-0.2, 0) is 13.0 Å². The zero-order valence-electron chi connectivity index (χ0n) is 24.6. The summed E-state index contributed by atoms with van der Waals surface area (Å²) >= 11 is 0. The molecule has 0 unspecified atom stereocenters. The Morgan fingerprint density at radius 2 is 1.77 bits per heavy atom. The third-order valence-electron chi connectivity index (χ3n) is 8.60. The highest BCUT2D eigenvalue weighted by molar-refractivity contribution is 5.98. The van der Waals surface area contributed by atoms with Gasteiger partial charge in [0.2, 0.25) is 0 Å². The summed E-state index contributed by atoms with van der Waals surface area (Å²) in [5.41, 5.74) is 2.86. The number of urea groups is 1. The van der Waals surface area contributed by atoms with E-state index in [9.17, 15) is 14.0 Å². The van der Waals surface area contributed by atoms with Gasteiger partial charge in [-0.1, -0.05) is 12.1 Å². The molecule has 228 valence electrons. The van der Waals surface area contributed by atoms with Crippen molar-refractivity contribution in [2.24, 2.45) is 17.8 Å². The third-order valence-corrected chi connectivity index (χ3v) is 8.60. The highest BCUT2D eigenvalue weighted by atomic mass is 19.1. The molecule has 1 saturated heterocycles. The highest BCUT2D eigenvalue weighted by Gasteiger charge is 2.26. The third kappa shape index (κ3) is 8.59. The maximum atomic E-state index is 13.2. The van der Waals surface area contributed by atoms with E-state index in [-0.39, 0.29) is 17.8 Å². The van der Waals surface area contributed by atoms with Gasteiger partial charge in [0, 0.05) is 43.0 Å². The van der Waals surface area contributed by atoms with Gasteiger partial charge in [-0.25, -0.2) is 13.9 Å². The van der Waals surface area contributed by atoms with Crippen LogP contribution in [0.3, 0.4) is 0 Å². The van der Waals surface area contributed by atoms with Crippen molar-refractivity contribution in [1.29, 1.82) is 0 Å². The van der Waals surface area contributed by atoms with Crippen molar-refractivity contribution in [3.63, 3.8) is 0 Å². The first-order valence-corrected chi connectivity index (χ1v) is 15.7. The molecule has 0 bridgehead atoms. The maximum Gasteiger partial charge on any atom is 0.319 e. The minimum absolute atomic E-state index is 0.169. The summed E-state index contributed by atoms with van der Waals surface area (Å²) in [5, 5.41) is 21.2. The predicted molar refractivity (Wildman–Crippen MR) is 162 cm³/mol. The molecule has 2 heterocycles. The number of likely N-dealkylation sites (tertiary alicyclic amines) is 1. The Kier molecular flexibility index (Phi) is 9.26. The van der Waals surface area contributed by atoms with Gasteiger partial charge in [0.05, 0.1) is 0 Å². The van der Waals surface area contributed by atoms with E-state index in [0.29, 0.717) is 53.5 Å². The topological polar surface area (TPSA) is 117 Å². The van der Waals surface area contributed by atoms with Crippen LogP contribution in [0.1, 0.15) is 60.9 Å². The van der Waals surface area contributed by atoms with E-state index in [1.807, 2.05) is 18.2 Å². The number of anilines is 1. The molecule has 3 aromatic rings. The number of carbonyl (C=O) groups excluding carboxylic acids is 2. The number of nitrogens with one attached hydrogen (secondary N) is 3. The van der Waals surface area contributed by atoms with E-state index >= 15 is 0 Å². The Labute approximate surface area is 251 Å². The molecule has 0 radical (unpaired) electrons. The van der Waals surface area contributed by atoms with E-state index in [2.05, 4.69) is 36.4 Å². The van der Waals surface area contributed by atoms with E-state index < -0.39 is 0 Å². The van der Waals surface area contributed by atoms with Gasteiger partial charge < -0.3 is 20.9 Å². The molecule has 11 heteroatoms. The number of hydrogen-bond donors (Lipinski definition) is 3. The van der Waals surface area contributed by atoms with Crippen molar-refractivity contribution in [2.75, 3.05) is 38.0 Å². The number of aromatic nitrogens is 4. The van der Waals surface area contributed by atoms with Gasteiger partial charge in [-0.3, -0.25) is 4.79 Å². The van der Waals surface area contributed by atoms with E-state index in [4.69, 9.17) is 0 Å². The number of hydrogen-bond acceptors (Lipinski definition) is 6. The Bertz CT molecular complexity index is 1400. The average molecular weight is 589 g/mol. The maximum absolute atomic E-state index is 13.2. The molecule has 2 aliphatic carbocycles. The quantitative estimate of drug-likeness (QED) is 0.253. The normalized spacial score (nSPS) is 18.8. The summed E-state index contributed by atoms with van der Waals surface area (Å²) in [4.78, 5) is 28.3. The van der Waals surface area contributed by atoms with Crippen molar-refractivity contribution in [1.82, 2.24) is 35.7 Å². The molecule has 2 aromatic carbocycles. The molecular formula is C32H41FN8O2. The first kappa shape index (κ1) is 29.2. The summed E-state index contributed by atoms with van der Waals surface area (Å²) in [7, 11) is 0. The Hall–Kier alpha value is -3.86. The molecule has 1 atom stereocenters. The summed E-state index contributed by atoms with van der Waals surface area (Å²) in [6.45, 7) is 4.93. The number of rotatable bonds is 13. The Morgan fingerprint density at radius 1 is 0.953 bits per heavy atom. The van der Waals surface area contributed by atoms with Crippen molar-refractivity contribution in [3.05, 3.63) is 59.4 Å². The minimum Gasteiger partial charge on any atom is -0.352 e. The lowest BCUT2D eigenvalue weighted by Gasteiger charge is -2.32. The lowest BCUT2D eigenvalue weighted by molar-refractivity contribution is 0.0952. The second kappa shape index (κ2) is 13.6. The largest absolute Gasteiger partial charge is 0.352 e. The van der Waals surface area contributed by atoms with Crippen molar-refractivity contribution in [3.8, 4) is 11.4 Å². The number of piperidine rings is 1. The summed E-state index contributed by atoms with van der Waals surface area (Å²) < 4.78 is 15.0. The van der Waals surface area contributed by atoms with E-state index in [0.717, 1.165) is 58.3 Å². The standard InChI is InChI=1S/C32H41FN8O2/c33-28-10-8-22(9-11-28)15-25-3-1-13-40(20-25)14-2-12-34-32(43)36-29-17-26(30-37-38-39-41(30)21-24-6-7-24)16-27(18-29)31(42)35-19-23-4-5-23/h8-11,16-18,23-25H,1-7,12-15,19-21H2,(H,35,42)(H2,34,36,43)/t25-/m0/s1. The zero-order chi connectivity index (χ0) is 29.6. The first-order valence-electron chi connectivity index (χ1n) is 15.7. The minimum atomic E-state index is -0.313. The number of carbonyl (C=O) groups is 2. The number of halogens is 1. The molecule has 0 spiro atoms. The second-order valence-electron chi connectivity index (χ2n) is 12.5. The van der Waals surface area contributed by atoms with Crippen LogP contribution in [0.4, 0.5) is 14.9 Å². The molecule has 10 nitrogen and oxygen atoms in total. The molecule has 2 saturated carbocycles. The van der Waals surface area contributed by atoms with Crippen molar-refractivity contribution < 1.29 is 14.0 Å². The number of tetrazole rings is 1. The van der Waals surface area contributed by atoms with E-state index in [1.54, 1.807) is 16.8 Å². The Morgan fingerprint density at radius 3 is 2.56 bits per heavy atom. The average Bonchev–Trinajstić information content (AvgIpc) is 3.94. The predicted octanol–water partition coefficient (Wildman–Crippen LogP) is 4.50. The van der Waals surface area contributed by atoms with Gasteiger partial charge in [-0.2, -0.15) is 0 Å². The molecule has 3 fully saturated rings. The highest BCUT2D eigenvalue weighted by Crippen LogP contribution is 2.32. The van der Waals surface area contributed by atoms with Gasteiger partial charge in [-0.05, 0) is 129 Å². The number of nitrogens with zero attached hydrogens (tertiary/aromatic N) is 5. The van der Waals surface area contributed by atoms with Crippen molar-refractivity contribution in [2.45, 2.75) is 57.9 Å². The molecule has 3 amide bonds. The molecular weight excluding hydrogens is 547 g/mol. The lowest BCUT2D eigenvalue weighted by atomic mass is 9.91. The number of amides is 3. The molecule has 3 aliphatic rings. The molecule has 1 aromatic heterocycles. The summed E-state index contributed by atoms with van der Waals surface area (Å²) in [6.07, 6.45) is 8.77. The van der Waals surface area contributed by atoms with Crippen LogP contribution in [0.15, 0.2) is 42.5 Å². The zero-order valence-corrected chi connectivity index (χ0v) is 24.6. The molecule has 3 N–H and O–H groups in total. The summed E-state index contributed by atoms with van der Waals surface area (Å²) in [6, 6.07) is 11.8. The summed E-state index contributed by atoms with van der Waals surface area (Å²) in [5.74, 6) is 1.93. The van der Waals surface area contributed by atoms with Crippen LogP contribution in [0.5, 0.6) is 0 Å². The smallest absolute Gasteiger partial charge is 0.319 e. The van der Waals surface area contributed by atoms with Gasteiger partial charge in [-0.15, -0.1) is 5.10 Å². The van der Waals surface area contributed by atoms with Crippen LogP contribution < -0.4 is 16.0 Å². The molecule has 6 rings (SSSR count). The van der Waals surface area contributed by atoms with Gasteiger partial charge >= 0.3 is 6.03 Å². The van der Waals surface area contributed by atoms with Gasteiger partial charge in [0.15, 0.2) is 5.82 Å². The first-order chi connectivity index (χ1) is 21.0. The fourth-order valence-corrected chi connectivity index (χ4v) is 5.86. The lowest BCUT2D eigenvalue weighted by Crippen LogP contribution is -2.38. The van der Waals surface area contributed by atoms with Crippen LogP contribution >= 0.6 is 0 Å². The van der Waals surface area contributed by atoms with Crippen LogP contribution in [0.2, 0.25) is 0 Å². The molecule has 43 heavy (non-hydrogen) atoms. The fourth-order valence-electron chi connectivity index (χ4n) is 5.86. The van der Waals surface area contributed by atoms with Gasteiger partial charge in [0.25, 0.3) is 5.91 Å². The fraction of sp³-hybridized carbons (Fsp3) is 0.531. The SMILES string of the molecule is O=C(NCCCN1CCC[C@@H](Cc2ccc(F)cc2)C1)Nc1cc(C(=O)NCC2CC2)cc(-c2nnnn2CC2CC2)c1.